The highest BCUT2D eigenvalue weighted by Gasteiger charge is 2.17. The number of hydrogen-bond acceptors (Lipinski definition) is 4. The Morgan fingerprint density at radius 2 is 2.40 bits per heavy atom. The van der Waals surface area contributed by atoms with E-state index in [-0.39, 0.29) is 0 Å². The molecule has 0 unspecified atom stereocenters. The second-order valence-electron chi connectivity index (χ2n) is 3.69. The van der Waals surface area contributed by atoms with Crippen molar-refractivity contribution >= 4 is 11.7 Å². The molecule has 4 nitrogen and oxygen atoms in total. The maximum absolute atomic E-state index is 11.2. The van der Waals surface area contributed by atoms with Gasteiger partial charge in [-0.15, -0.1) is 0 Å². The Hall–Kier alpha value is -1.58. The van der Waals surface area contributed by atoms with Gasteiger partial charge in [0.1, 0.15) is 5.69 Å². The molecule has 1 heterocycles. The van der Waals surface area contributed by atoms with Crippen LogP contribution in [-0.4, -0.2) is 24.1 Å². The average Bonchev–Trinajstić information content (AvgIpc) is 2.23. The number of carbonyl (C=O) groups excluding carboxylic acids is 1. The second kappa shape index (κ2) is 4.29. The van der Waals surface area contributed by atoms with E-state index in [9.17, 15) is 4.79 Å². The molecule has 0 aromatic carbocycles. The normalized spacial score (nSPS) is 15.5. The maximum atomic E-state index is 11.2. The first-order valence-corrected chi connectivity index (χ1v) is 5.10. The van der Waals surface area contributed by atoms with Crippen LogP contribution in [0, 0.1) is 0 Å². The van der Waals surface area contributed by atoms with E-state index in [0.29, 0.717) is 11.7 Å². The summed E-state index contributed by atoms with van der Waals surface area (Å²) in [5.41, 5.74) is 1.29. The average molecular weight is 206 g/mol. The molecular weight excluding hydrogens is 192 g/mol. The van der Waals surface area contributed by atoms with Gasteiger partial charge in [0.15, 0.2) is 0 Å². The van der Waals surface area contributed by atoms with Gasteiger partial charge in [-0.1, -0.05) is 0 Å². The summed E-state index contributed by atoms with van der Waals surface area (Å²) in [5.74, 6) is -0.396. The van der Waals surface area contributed by atoms with E-state index in [1.54, 1.807) is 12.3 Å². The lowest BCUT2D eigenvalue weighted by atomic mass is 9.93. The molecule has 4 heteroatoms. The summed E-state index contributed by atoms with van der Waals surface area (Å²) in [6.45, 7) is 0. The molecule has 0 saturated heterocycles. The SMILES string of the molecule is COC(=O)c1cc(NC2CCC2)ccn1. The van der Waals surface area contributed by atoms with Crippen LogP contribution in [0.5, 0.6) is 0 Å². The van der Waals surface area contributed by atoms with Crippen molar-refractivity contribution in [1.82, 2.24) is 4.98 Å². The molecule has 80 valence electrons. The molecule has 0 radical (unpaired) electrons. The van der Waals surface area contributed by atoms with Crippen LogP contribution >= 0.6 is 0 Å². The lowest BCUT2D eigenvalue weighted by molar-refractivity contribution is 0.0594. The fraction of sp³-hybridized carbons (Fsp3) is 0.455. The summed E-state index contributed by atoms with van der Waals surface area (Å²) in [6.07, 6.45) is 5.31. The van der Waals surface area contributed by atoms with E-state index in [1.165, 1.54) is 26.4 Å². The molecular formula is C11H14N2O2. The fourth-order valence-corrected chi connectivity index (χ4v) is 1.52. The highest BCUT2D eigenvalue weighted by molar-refractivity contribution is 5.88. The molecule has 0 bridgehead atoms. The Kier molecular flexibility index (Phi) is 2.85. The standard InChI is InChI=1S/C11H14N2O2/c1-15-11(14)10-7-9(5-6-12-10)13-8-3-2-4-8/h5-8H,2-4H2,1H3,(H,12,13). The minimum Gasteiger partial charge on any atom is -0.464 e. The predicted molar refractivity (Wildman–Crippen MR) is 56.8 cm³/mol. The summed E-state index contributed by atoms with van der Waals surface area (Å²) >= 11 is 0. The van der Waals surface area contributed by atoms with Crippen LogP contribution in [0.4, 0.5) is 5.69 Å². The van der Waals surface area contributed by atoms with Gasteiger partial charge in [-0.05, 0) is 31.4 Å². The Balaban J connectivity index is 2.07. The number of carbonyl (C=O) groups is 1. The zero-order chi connectivity index (χ0) is 10.7. The third-order valence-corrected chi connectivity index (χ3v) is 2.63. The van der Waals surface area contributed by atoms with E-state index in [2.05, 4.69) is 15.0 Å². The van der Waals surface area contributed by atoms with E-state index in [0.717, 1.165) is 5.69 Å². The van der Waals surface area contributed by atoms with Gasteiger partial charge < -0.3 is 10.1 Å². The van der Waals surface area contributed by atoms with Crippen molar-refractivity contribution in [1.29, 1.82) is 0 Å². The van der Waals surface area contributed by atoms with Gasteiger partial charge in [0, 0.05) is 17.9 Å². The minimum atomic E-state index is -0.396. The predicted octanol–water partition coefficient (Wildman–Crippen LogP) is 1.83. The third kappa shape index (κ3) is 2.26. The van der Waals surface area contributed by atoms with Crippen LogP contribution in [0.25, 0.3) is 0 Å². The summed E-state index contributed by atoms with van der Waals surface area (Å²) < 4.78 is 4.61. The van der Waals surface area contributed by atoms with Crippen LogP contribution < -0.4 is 5.32 Å². The molecule has 1 aromatic rings. The molecule has 0 amide bonds. The number of hydrogen-bond donors (Lipinski definition) is 1. The molecule has 1 aliphatic rings. The van der Waals surface area contributed by atoms with Crippen LogP contribution in [0.1, 0.15) is 29.8 Å². The topological polar surface area (TPSA) is 51.2 Å². The quantitative estimate of drug-likeness (QED) is 0.766. The first kappa shape index (κ1) is 9.96. The van der Waals surface area contributed by atoms with Gasteiger partial charge in [0.05, 0.1) is 7.11 Å². The number of ether oxygens (including phenoxy) is 1. The summed E-state index contributed by atoms with van der Waals surface area (Å²) in [7, 11) is 1.36. The Morgan fingerprint density at radius 3 is 3.00 bits per heavy atom. The molecule has 1 fully saturated rings. The fourth-order valence-electron chi connectivity index (χ4n) is 1.52. The van der Waals surface area contributed by atoms with Crippen molar-refractivity contribution in [2.24, 2.45) is 0 Å². The molecule has 15 heavy (non-hydrogen) atoms. The lowest BCUT2D eigenvalue weighted by Crippen LogP contribution is -2.27. The second-order valence-corrected chi connectivity index (χ2v) is 3.69. The van der Waals surface area contributed by atoms with Gasteiger partial charge in [-0.2, -0.15) is 0 Å². The smallest absolute Gasteiger partial charge is 0.356 e. The van der Waals surface area contributed by atoms with Crippen molar-refractivity contribution in [3.8, 4) is 0 Å². The molecule has 1 N–H and O–H groups in total. The van der Waals surface area contributed by atoms with Crippen molar-refractivity contribution < 1.29 is 9.53 Å². The summed E-state index contributed by atoms with van der Waals surface area (Å²) in [5, 5.41) is 3.35. The first-order valence-electron chi connectivity index (χ1n) is 5.10. The number of anilines is 1. The van der Waals surface area contributed by atoms with E-state index < -0.39 is 5.97 Å². The number of pyridine rings is 1. The number of rotatable bonds is 3. The van der Waals surface area contributed by atoms with Crippen molar-refractivity contribution in [3.63, 3.8) is 0 Å². The third-order valence-electron chi connectivity index (χ3n) is 2.63. The minimum absolute atomic E-state index is 0.349. The molecule has 2 rings (SSSR count). The number of methoxy groups -OCH3 is 1. The van der Waals surface area contributed by atoms with E-state index in [1.807, 2.05) is 6.07 Å². The monoisotopic (exact) mass is 206 g/mol. The molecule has 0 atom stereocenters. The van der Waals surface area contributed by atoms with Gasteiger partial charge in [-0.3, -0.25) is 0 Å². The maximum Gasteiger partial charge on any atom is 0.356 e. The Bertz CT molecular complexity index is 361. The largest absolute Gasteiger partial charge is 0.464 e. The number of esters is 1. The van der Waals surface area contributed by atoms with E-state index >= 15 is 0 Å². The Labute approximate surface area is 88.7 Å². The van der Waals surface area contributed by atoms with Crippen LogP contribution in [0.15, 0.2) is 18.3 Å². The van der Waals surface area contributed by atoms with Gasteiger partial charge in [0.2, 0.25) is 0 Å². The van der Waals surface area contributed by atoms with Crippen molar-refractivity contribution in [3.05, 3.63) is 24.0 Å². The number of aromatic nitrogens is 1. The molecule has 0 aliphatic heterocycles. The van der Waals surface area contributed by atoms with Crippen molar-refractivity contribution in [2.75, 3.05) is 12.4 Å². The number of nitrogens with zero attached hydrogens (tertiary/aromatic N) is 1. The highest BCUT2D eigenvalue weighted by Crippen LogP contribution is 2.23. The van der Waals surface area contributed by atoms with Crippen LogP contribution in [0.3, 0.4) is 0 Å². The zero-order valence-corrected chi connectivity index (χ0v) is 8.69. The van der Waals surface area contributed by atoms with Crippen LogP contribution in [-0.2, 0) is 4.74 Å². The Morgan fingerprint density at radius 1 is 1.60 bits per heavy atom. The van der Waals surface area contributed by atoms with Gasteiger partial charge in [0.25, 0.3) is 0 Å². The zero-order valence-electron chi connectivity index (χ0n) is 8.69. The van der Waals surface area contributed by atoms with Gasteiger partial charge in [-0.25, -0.2) is 9.78 Å². The molecule has 1 aliphatic carbocycles. The summed E-state index contributed by atoms with van der Waals surface area (Å²) in [4.78, 5) is 15.2. The molecule has 1 saturated carbocycles. The number of nitrogens with one attached hydrogen (secondary N) is 1. The van der Waals surface area contributed by atoms with Crippen LogP contribution in [0.2, 0.25) is 0 Å². The van der Waals surface area contributed by atoms with E-state index in [4.69, 9.17) is 0 Å². The lowest BCUT2D eigenvalue weighted by Gasteiger charge is -2.27. The molecule has 1 aromatic heterocycles. The summed E-state index contributed by atoms with van der Waals surface area (Å²) in [6, 6.07) is 4.15. The molecule has 0 spiro atoms. The highest BCUT2D eigenvalue weighted by atomic mass is 16.5. The first-order chi connectivity index (χ1) is 7.29. The van der Waals surface area contributed by atoms with Crippen molar-refractivity contribution in [2.45, 2.75) is 25.3 Å². The van der Waals surface area contributed by atoms with Gasteiger partial charge >= 0.3 is 5.97 Å².